The molecule has 0 aromatic carbocycles. The fourth-order valence-corrected chi connectivity index (χ4v) is 4.99. The number of Topliss-reactive ketones (excluding diaryl/α,β-unsaturated/α-hetero) is 1. The molecule has 0 heterocycles. The van der Waals surface area contributed by atoms with Crippen molar-refractivity contribution in [2.24, 2.45) is 11.8 Å². The quantitative estimate of drug-likeness (QED) is 0.587. The van der Waals surface area contributed by atoms with E-state index in [-0.39, 0.29) is 28.0 Å². The third-order valence-electron chi connectivity index (χ3n) is 6.72. The van der Waals surface area contributed by atoms with Crippen LogP contribution in [0.15, 0.2) is 0 Å². The van der Waals surface area contributed by atoms with E-state index >= 15 is 0 Å². The summed E-state index contributed by atoms with van der Waals surface area (Å²) in [6.45, 7) is 25.2. The van der Waals surface area contributed by atoms with Crippen LogP contribution in [0.2, 0.25) is 36.3 Å². The Balaban J connectivity index is 2.76. The number of rotatable bonds is 5. The van der Waals surface area contributed by atoms with E-state index in [1.54, 1.807) is 0 Å². The van der Waals surface area contributed by atoms with Crippen molar-refractivity contribution in [2.75, 3.05) is 6.61 Å². The highest BCUT2D eigenvalue weighted by Gasteiger charge is 2.47. The van der Waals surface area contributed by atoms with Gasteiger partial charge in [0.2, 0.25) is 0 Å². The summed E-state index contributed by atoms with van der Waals surface area (Å²) < 4.78 is 12.9. The second-order valence-electron chi connectivity index (χ2n) is 10.6. The molecular formula is C19H40O3Si2. The van der Waals surface area contributed by atoms with Crippen molar-refractivity contribution in [3.8, 4) is 0 Å². The van der Waals surface area contributed by atoms with Crippen LogP contribution in [0.3, 0.4) is 0 Å². The van der Waals surface area contributed by atoms with E-state index in [9.17, 15) is 4.79 Å². The molecule has 24 heavy (non-hydrogen) atoms. The standard InChI is InChI=1S/C19H40O3Si2/c1-14-15(13-21-23(8,9)18(2,3)4)16(20)12-17(14)22-24(10,11)19(5,6)7/h14-15,17H,12-13H2,1-11H3/t14-,15-,17+/m1/s1. The minimum absolute atomic E-state index is 0.00565. The summed E-state index contributed by atoms with van der Waals surface area (Å²) in [6.07, 6.45) is 0.616. The Bertz CT molecular complexity index is 458. The molecule has 0 unspecified atom stereocenters. The minimum atomic E-state index is -1.84. The van der Waals surface area contributed by atoms with Crippen LogP contribution in [0.5, 0.6) is 0 Å². The van der Waals surface area contributed by atoms with Gasteiger partial charge in [-0.3, -0.25) is 4.79 Å². The average molecular weight is 373 g/mol. The van der Waals surface area contributed by atoms with E-state index in [0.29, 0.717) is 18.8 Å². The molecule has 5 heteroatoms. The topological polar surface area (TPSA) is 35.5 Å². The zero-order valence-electron chi connectivity index (χ0n) is 17.9. The Kier molecular flexibility index (Phi) is 6.41. The van der Waals surface area contributed by atoms with Crippen LogP contribution in [0.4, 0.5) is 0 Å². The zero-order valence-corrected chi connectivity index (χ0v) is 19.9. The molecule has 0 aromatic heterocycles. The number of carbonyl (C=O) groups is 1. The van der Waals surface area contributed by atoms with Gasteiger partial charge in [0, 0.05) is 18.9 Å². The molecule has 0 N–H and O–H groups in total. The molecule has 3 atom stereocenters. The fourth-order valence-electron chi connectivity index (χ4n) is 2.55. The molecule has 3 nitrogen and oxygen atoms in total. The van der Waals surface area contributed by atoms with Gasteiger partial charge in [-0.25, -0.2) is 0 Å². The molecule has 1 aliphatic rings. The first-order valence-electron chi connectivity index (χ1n) is 9.34. The van der Waals surface area contributed by atoms with Crippen LogP contribution in [0.1, 0.15) is 54.9 Å². The summed E-state index contributed by atoms with van der Waals surface area (Å²) in [6, 6.07) is 0. The third kappa shape index (κ3) is 4.80. The van der Waals surface area contributed by atoms with Crippen molar-refractivity contribution in [3.63, 3.8) is 0 Å². The van der Waals surface area contributed by atoms with Crippen molar-refractivity contribution in [2.45, 2.75) is 97.3 Å². The minimum Gasteiger partial charge on any atom is -0.416 e. The summed E-state index contributed by atoms with van der Waals surface area (Å²) >= 11 is 0. The molecule has 0 aliphatic heterocycles. The predicted octanol–water partition coefficient (Wildman–Crippen LogP) is 5.62. The highest BCUT2D eigenvalue weighted by atomic mass is 28.4. The van der Waals surface area contributed by atoms with Crippen LogP contribution in [-0.2, 0) is 13.6 Å². The van der Waals surface area contributed by atoms with Gasteiger partial charge in [-0.1, -0.05) is 48.5 Å². The molecule has 0 radical (unpaired) electrons. The summed E-state index contributed by atoms with van der Waals surface area (Å²) in [4.78, 5) is 12.6. The highest BCUT2D eigenvalue weighted by molar-refractivity contribution is 6.74. The van der Waals surface area contributed by atoms with Crippen molar-refractivity contribution in [1.82, 2.24) is 0 Å². The second kappa shape index (κ2) is 6.97. The van der Waals surface area contributed by atoms with E-state index in [1.165, 1.54) is 0 Å². The van der Waals surface area contributed by atoms with Crippen molar-refractivity contribution in [1.29, 1.82) is 0 Å². The smallest absolute Gasteiger partial charge is 0.192 e. The van der Waals surface area contributed by atoms with Crippen LogP contribution >= 0.6 is 0 Å². The molecule has 1 fully saturated rings. The molecule has 1 saturated carbocycles. The van der Waals surface area contributed by atoms with Gasteiger partial charge < -0.3 is 8.85 Å². The lowest BCUT2D eigenvalue weighted by atomic mass is 9.98. The fraction of sp³-hybridized carbons (Fsp3) is 0.947. The average Bonchev–Trinajstić information content (AvgIpc) is 2.59. The molecule has 0 aromatic rings. The molecule has 1 rings (SSSR count). The van der Waals surface area contributed by atoms with Crippen LogP contribution < -0.4 is 0 Å². The Labute approximate surface area is 152 Å². The lowest BCUT2D eigenvalue weighted by Gasteiger charge is -2.40. The van der Waals surface area contributed by atoms with E-state index in [0.717, 1.165) is 0 Å². The molecule has 142 valence electrons. The maximum absolute atomic E-state index is 12.6. The number of hydrogen-bond acceptors (Lipinski definition) is 3. The van der Waals surface area contributed by atoms with Crippen LogP contribution in [0, 0.1) is 11.8 Å². The second-order valence-corrected chi connectivity index (χ2v) is 20.2. The summed E-state index contributed by atoms with van der Waals surface area (Å²) in [5.41, 5.74) is 0. The maximum atomic E-state index is 12.6. The van der Waals surface area contributed by atoms with Gasteiger partial charge >= 0.3 is 0 Å². The summed E-state index contributed by atoms with van der Waals surface area (Å²) in [7, 11) is -3.66. The zero-order chi connectivity index (χ0) is 19.1. The van der Waals surface area contributed by atoms with Gasteiger partial charge in [0.15, 0.2) is 16.6 Å². The van der Waals surface area contributed by atoms with Gasteiger partial charge in [0.1, 0.15) is 5.78 Å². The van der Waals surface area contributed by atoms with Gasteiger partial charge in [0.05, 0.1) is 6.10 Å². The van der Waals surface area contributed by atoms with E-state index in [4.69, 9.17) is 8.85 Å². The third-order valence-corrected chi connectivity index (χ3v) is 15.7. The Hall–Kier alpha value is 0.0238. The predicted molar refractivity (Wildman–Crippen MR) is 107 cm³/mol. The molecule has 0 spiro atoms. The number of hydrogen-bond donors (Lipinski definition) is 0. The van der Waals surface area contributed by atoms with E-state index < -0.39 is 16.6 Å². The number of carbonyl (C=O) groups excluding carboxylic acids is 1. The molecule has 1 aliphatic carbocycles. The Morgan fingerprint density at radius 2 is 1.42 bits per heavy atom. The lowest BCUT2D eigenvalue weighted by Crippen LogP contribution is -2.45. The SMILES string of the molecule is C[C@H]1[C@@H](O[Si](C)(C)C(C)(C)C)CC(=O)[C@@H]1CO[Si](C)(C)C(C)(C)C. The van der Waals surface area contributed by atoms with Gasteiger partial charge in [-0.2, -0.15) is 0 Å². The van der Waals surface area contributed by atoms with Gasteiger partial charge in [0.25, 0.3) is 0 Å². The Morgan fingerprint density at radius 1 is 0.958 bits per heavy atom. The molecule has 0 saturated heterocycles. The van der Waals surface area contributed by atoms with Crippen LogP contribution in [0.25, 0.3) is 0 Å². The first-order chi connectivity index (χ1) is 10.5. The summed E-state index contributed by atoms with van der Waals surface area (Å²) in [5.74, 6) is 0.565. The maximum Gasteiger partial charge on any atom is 0.192 e. The Morgan fingerprint density at radius 3 is 1.83 bits per heavy atom. The molecule has 0 amide bonds. The van der Waals surface area contributed by atoms with Crippen molar-refractivity contribution >= 4 is 22.4 Å². The van der Waals surface area contributed by atoms with Crippen LogP contribution in [-0.4, -0.2) is 35.1 Å². The van der Waals surface area contributed by atoms with E-state index in [2.05, 4.69) is 74.7 Å². The largest absolute Gasteiger partial charge is 0.416 e. The summed E-state index contributed by atoms with van der Waals surface area (Å²) in [5, 5.41) is 0.348. The lowest BCUT2D eigenvalue weighted by molar-refractivity contribution is -0.122. The van der Waals surface area contributed by atoms with E-state index in [1.807, 2.05) is 0 Å². The highest BCUT2D eigenvalue weighted by Crippen LogP contribution is 2.42. The van der Waals surface area contributed by atoms with Gasteiger partial charge in [-0.05, 0) is 42.2 Å². The number of ketones is 1. The normalized spacial score (nSPS) is 27.0. The molecule has 0 bridgehead atoms. The molecular weight excluding hydrogens is 332 g/mol. The monoisotopic (exact) mass is 372 g/mol. The van der Waals surface area contributed by atoms with Crippen molar-refractivity contribution < 1.29 is 13.6 Å². The van der Waals surface area contributed by atoms with Crippen molar-refractivity contribution in [3.05, 3.63) is 0 Å². The first-order valence-corrected chi connectivity index (χ1v) is 15.2. The van der Waals surface area contributed by atoms with Gasteiger partial charge in [-0.15, -0.1) is 0 Å². The first kappa shape index (κ1) is 22.1.